The number of nitrogens with zero attached hydrogens (tertiary/aromatic N) is 1. The van der Waals surface area contributed by atoms with Crippen molar-refractivity contribution in [2.75, 3.05) is 19.6 Å². The van der Waals surface area contributed by atoms with Crippen molar-refractivity contribution in [3.05, 3.63) is 29.8 Å². The fourth-order valence-electron chi connectivity index (χ4n) is 2.75. The summed E-state index contributed by atoms with van der Waals surface area (Å²) in [5, 5.41) is 12.9. The SMILES string of the molecule is O=C([O-])CCCNC(=O)c1ccc(S(=O)(=O)N2CCCCCC2)cc1. The molecule has 1 amide bonds. The number of carbonyl (C=O) groups excluding carboxylic acids is 2. The molecule has 1 saturated heterocycles. The molecular weight excluding hydrogens is 344 g/mol. The lowest BCUT2D eigenvalue weighted by atomic mass is 10.2. The molecule has 2 rings (SSSR count). The van der Waals surface area contributed by atoms with E-state index in [1.165, 1.54) is 28.6 Å². The second-order valence-corrected chi connectivity index (χ2v) is 8.01. The highest BCUT2D eigenvalue weighted by atomic mass is 32.2. The third kappa shape index (κ3) is 5.54. The van der Waals surface area contributed by atoms with Crippen LogP contribution in [0.4, 0.5) is 0 Å². The number of sulfonamides is 1. The molecule has 0 aliphatic carbocycles. The number of carbonyl (C=O) groups is 2. The van der Waals surface area contributed by atoms with Gasteiger partial charge in [-0.05, 0) is 49.9 Å². The zero-order valence-corrected chi connectivity index (χ0v) is 14.9. The Morgan fingerprint density at radius 1 is 1.04 bits per heavy atom. The number of benzene rings is 1. The van der Waals surface area contributed by atoms with Crippen LogP contribution in [0.3, 0.4) is 0 Å². The summed E-state index contributed by atoms with van der Waals surface area (Å²) in [6.45, 7) is 1.28. The van der Waals surface area contributed by atoms with Crippen LogP contribution >= 0.6 is 0 Å². The maximum absolute atomic E-state index is 12.7. The second-order valence-electron chi connectivity index (χ2n) is 6.07. The van der Waals surface area contributed by atoms with Gasteiger partial charge in [-0.25, -0.2) is 8.42 Å². The summed E-state index contributed by atoms with van der Waals surface area (Å²) in [5.41, 5.74) is 0.336. The van der Waals surface area contributed by atoms with Crippen molar-refractivity contribution >= 4 is 21.9 Å². The molecule has 8 heteroatoms. The van der Waals surface area contributed by atoms with E-state index in [1.807, 2.05) is 0 Å². The molecule has 1 aliphatic heterocycles. The largest absolute Gasteiger partial charge is 0.550 e. The minimum Gasteiger partial charge on any atom is -0.550 e. The first kappa shape index (κ1) is 19.4. The van der Waals surface area contributed by atoms with E-state index in [1.54, 1.807) is 0 Å². The van der Waals surface area contributed by atoms with E-state index in [0.29, 0.717) is 18.7 Å². The normalized spacial score (nSPS) is 16.2. The van der Waals surface area contributed by atoms with Crippen LogP contribution in [0.15, 0.2) is 29.2 Å². The second kappa shape index (κ2) is 8.96. The van der Waals surface area contributed by atoms with E-state index >= 15 is 0 Å². The molecule has 0 unspecified atom stereocenters. The predicted octanol–water partition coefficient (Wildman–Crippen LogP) is 0.511. The monoisotopic (exact) mass is 367 g/mol. The third-order valence-electron chi connectivity index (χ3n) is 4.16. The van der Waals surface area contributed by atoms with Crippen LogP contribution in [-0.4, -0.2) is 44.2 Å². The molecule has 7 nitrogen and oxygen atoms in total. The number of nitrogens with one attached hydrogen (secondary N) is 1. The van der Waals surface area contributed by atoms with Gasteiger partial charge in [-0.3, -0.25) is 4.79 Å². The van der Waals surface area contributed by atoms with Crippen molar-refractivity contribution < 1.29 is 23.1 Å². The Morgan fingerprint density at radius 2 is 1.64 bits per heavy atom. The van der Waals surface area contributed by atoms with Crippen LogP contribution in [-0.2, 0) is 14.8 Å². The molecule has 138 valence electrons. The number of aliphatic carboxylic acids is 1. The first-order valence-corrected chi connectivity index (χ1v) is 9.93. The molecule has 25 heavy (non-hydrogen) atoms. The van der Waals surface area contributed by atoms with E-state index < -0.39 is 16.0 Å². The Labute approximate surface area is 148 Å². The first-order chi connectivity index (χ1) is 11.9. The molecule has 0 aromatic heterocycles. The molecule has 0 atom stereocenters. The van der Waals surface area contributed by atoms with Crippen LogP contribution in [0, 0.1) is 0 Å². The van der Waals surface area contributed by atoms with Crippen molar-refractivity contribution in [1.82, 2.24) is 9.62 Å². The number of hydrogen-bond acceptors (Lipinski definition) is 5. The van der Waals surface area contributed by atoms with Crippen LogP contribution in [0.2, 0.25) is 0 Å². The van der Waals surface area contributed by atoms with Gasteiger partial charge in [0.2, 0.25) is 10.0 Å². The molecule has 0 radical (unpaired) electrons. The maximum atomic E-state index is 12.7. The van der Waals surface area contributed by atoms with Gasteiger partial charge in [-0.15, -0.1) is 0 Å². The van der Waals surface area contributed by atoms with Gasteiger partial charge in [0, 0.05) is 31.2 Å². The van der Waals surface area contributed by atoms with Crippen molar-refractivity contribution in [1.29, 1.82) is 0 Å². The highest BCUT2D eigenvalue weighted by Crippen LogP contribution is 2.20. The summed E-state index contributed by atoms with van der Waals surface area (Å²) in [5.74, 6) is -1.52. The average molecular weight is 367 g/mol. The number of rotatable bonds is 7. The lowest BCUT2D eigenvalue weighted by Gasteiger charge is -2.20. The predicted molar refractivity (Wildman–Crippen MR) is 90.2 cm³/mol. The highest BCUT2D eigenvalue weighted by Gasteiger charge is 2.25. The van der Waals surface area contributed by atoms with Gasteiger partial charge in [0.25, 0.3) is 5.91 Å². The van der Waals surface area contributed by atoms with Crippen molar-refractivity contribution in [2.24, 2.45) is 0 Å². The van der Waals surface area contributed by atoms with Gasteiger partial charge in [0.05, 0.1) is 4.90 Å². The fraction of sp³-hybridized carbons (Fsp3) is 0.529. The number of hydrogen-bond donors (Lipinski definition) is 1. The van der Waals surface area contributed by atoms with E-state index in [-0.39, 0.29) is 30.2 Å². The molecule has 1 fully saturated rings. The highest BCUT2D eigenvalue weighted by molar-refractivity contribution is 7.89. The first-order valence-electron chi connectivity index (χ1n) is 8.49. The molecule has 1 N–H and O–H groups in total. The van der Waals surface area contributed by atoms with Gasteiger partial charge >= 0.3 is 0 Å². The minimum atomic E-state index is -3.53. The quantitative estimate of drug-likeness (QED) is 0.707. The van der Waals surface area contributed by atoms with Crippen molar-refractivity contribution in [3.8, 4) is 0 Å². The van der Waals surface area contributed by atoms with E-state index in [0.717, 1.165) is 25.7 Å². The van der Waals surface area contributed by atoms with Gasteiger partial charge in [-0.1, -0.05) is 12.8 Å². The van der Waals surface area contributed by atoms with Crippen LogP contribution in [0.25, 0.3) is 0 Å². The lowest BCUT2D eigenvalue weighted by Crippen LogP contribution is -2.32. The lowest BCUT2D eigenvalue weighted by molar-refractivity contribution is -0.305. The van der Waals surface area contributed by atoms with Gasteiger partial charge in [0.15, 0.2) is 0 Å². The Bertz CT molecular complexity index is 692. The maximum Gasteiger partial charge on any atom is 0.251 e. The summed E-state index contributed by atoms with van der Waals surface area (Å²) < 4.78 is 26.8. The summed E-state index contributed by atoms with van der Waals surface area (Å²) in [6.07, 6.45) is 3.99. The minimum absolute atomic E-state index is 0.118. The summed E-state index contributed by atoms with van der Waals surface area (Å²) in [7, 11) is -3.53. The summed E-state index contributed by atoms with van der Waals surface area (Å²) in [6, 6.07) is 5.82. The number of carboxylic acid groups (broad SMARTS) is 1. The van der Waals surface area contributed by atoms with Crippen molar-refractivity contribution in [2.45, 2.75) is 43.4 Å². The summed E-state index contributed by atoms with van der Waals surface area (Å²) >= 11 is 0. The zero-order chi connectivity index (χ0) is 18.3. The third-order valence-corrected chi connectivity index (χ3v) is 6.08. The molecule has 0 bridgehead atoms. The standard InChI is InChI=1S/C17H24N2O5S/c20-16(21)6-5-11-18-17(22)14-7-9-15(10-8-14)25(23,24)19-12-3-1-2-4-13-19/h7-10H,1-6,11-13H2,(H,18,22)(H,20,21)/p-1. The van der Waals surface area contributed by atoms with Crippen LogP contribution in [0.1, 0.15) is 48.9 Å². The average Bonchev–Trinajstić information content (AvgIpc) is 2.88. The molecular formula is C17H23N2O5S-. The molecule has 1 aliphatic rings. The zero-order valence-electron chi connectivity index (χ0n) is 14.1. The van der Waals surface area contributed by atoms with Crippen LogP contribution in [0.5, 0.6) is 0 Å². The Hall–Kier alpha value is -1.93. The Morgan fingerprint density at radius 3 is 2.20 bits per heavy atom. The Kier molecular flexibility index (Phi) is 6.95. The van der Waals surface area contributed by atoms with E-state index in [9.17, 15) is 23.1 Å². The van der Waals surface area contributed by atoms with Gasteiger partial charge in [-0.2, -0.15) is 4.31 Å². The van der Waals surface area contributed by atoms with E-state index in [4.69, 9.17) is 0 Å². The smallest absolute Gasteiger partial charge is 0.251 e. The van der Waals surface area contributed by atoms with Crippen LogP contribution < -0.4 is 10.4 Å². The number of amides is 1. The Balaban J connectivity index is 1.98. The number of carboxylic acids is 1. The topological polar surface area (TPSA) is 107 Å². The fourth-order valence-corrected chi connectivity index (χ4v) is 4.26. The van der Waals surface area contributed by atoms with E-state index in [2.05, 4.69) is 5.32 Å². The van der Waals surface area contributed by atoms with Gasteiger partial charge < -0.3 is 15.2 Å². The molecule has 1 aromatic carbocycles. The molecule has 1 aromatic rings. The van der Waals surface area contributed by atoms with Gasteiger partial charge in [0.1, 0.15) is 0 Å². The molecule has 1 heterocycles. The van der Waals surface area contributed by atoms with Crippen molar-refractivity contribution in [3.63, 3.8) is 0 Å². The summed E-state index contributed by atoms with van der Waals surface area (Å²) in [4.78, 5) is 22.5. The molecule has 0 spiro atoms. The molecule has 0 saturated carbocycles.